The van der Waals surface area contributed by atoms with Crippen LogP contribution < -0.4 is 0 Å². The number of carbonyl (C=O) groups excluding carboxylic acids is 2. The van der Waals surface area contributed by atoms with Crippen molar-refractivity contribution in [3.05, 3.63) is 45.2 Å². The van der Waals surface area contributed by atoms with Gasteiger partial charge in [0.2, 0.25) is 0 Å². The van der Waals surface area contributed by atoms with E-state index in [1.807, 2.05) is 0 Å². The Morgan fingerprint density at radius 3 is 2.57 bits per heavy atom. The number of esters is 1. The van der Waals surface area contributed by atoms with Crippen LogP contribution in [0.1, 0.15) is 42.2 Å². The Hall–Kier alpha value is -2.13. The van der Waals surface area contributed by atoms with Gasteiger partial charge in [-0.15, -0.1) is 0 Å². The van der Waals surface area contributed by atoms with Crippen molar-refractivity contribution in [2.45, 2.75) is 72.6 Å². The number of aliphatic hydroxyl groups excluding tert-OH is 4. The fourth-order valence-corrected chi connectivity index (χ4v) is 7.45. The largest absolute Gasteiger partial charge is 0.476 e. The van der Waals surface area contributed by atoms with Gasteiger partial charge in [-0.3, -0.25) is 4.79 Å². The molecule has 0 aromatic heterocycles. The molecular weight excluding hydrogens is 516 g/mol. The molecule has 1 aromatic carbocycles. The Bertz CT molecular complexity index is 1330. The molecule has 3 fully saturated rings. The SMILES string of the molecule is CO[C@H]1C(=O)OC[C@H](O)c2cc(Cl)c3c(c2)[C@@]24O[C@]5(O)C(=C(C)C(=O)[C@@]16O[C@H]65)O[C@]2([C@H](O)C[C@H]4O)[C@@H]3O. The molecule has 13 heteroatoms. The van der Waals surface area contributed by atoms with Gasteiger partial charge in [0.15, 0.2) is 40.6 Å². The summed E-state index contributed by atoms with van der Waals surface area (Å²) >= 11 is 6.54. The molecule has 12 nitrogen and oxygen atoms in total. The van der Waals surface area contributed by atoms with Crippen molar-refractivity contribution in [1.82, 2.24) is 0 Å². The molecule has 3 aliphatic carbocycles. The van der Waals surface area contributed by atoms with Gasteiger partial charge in [-0.05, 0) is 30.2 Å². The predicted octanol–water partition coefficient (Wildman–Crippen LogP) is -1.22. The summed E-state index contributed by atoms with van der Waals surface area (Å²) in [5.41, 5.74) is -6.23. The predicted molar refractivity (Wildman–Crippen MR) is 117 cm³/mol. The molecule has 0 radical (unpaired) electrons. The lowest BCUT2D eigenvalue weighted by atomic mass is 9.75. The van der Waals surface area contributed by atoms with E-state index in [4.69, 9.17) is 35.3 Å². The van der Waals surface area contributed by atoms with Gasteiger partial charge in [-0.2, -0.15) is 0 Å². The molecule has 6 aliphatic rings. The first kappa shape index (κ1) is 23.9. The molecule has 5 N–H and O–H groups in total. The highest BCUT2D eigenvalue weighted by molar-refractivity contribution is 6.31. The first-order valence-corrected chi connectivity index (χ1v) is 12.1. The summed E-state index contributed by atoms with van der Waals surface area (Å²) in [6, 6.07) is 2.74. The molecule has 37 heavy (non-hydrogen) atoms. The molecule has 3 aliphatic heterocycles. The summed E-state index contributed by atoms with van der Waals surface area (Å²) in [4.78, 5) is 26.6. The summed E-state index contributed by atoms with van der Waals surface area (Å²) in [6.07, 6.45) is -9.68. The van der Waals surface area contributed by atoms with Gasteiger partial charge in [0, 0.05) is 29.7 Å². The third kappa shape index (κ3) is 2.32. The summed E-state index contributed by atoms with van der Waals surface area (Å²) in [5.74, 6) is -4.78. The minimum absolute atomic E-state index is 0.0480. The number of benzene rings is 1. The van der Waals surface area contributed by atoms with E-state index in [9.17, 15) is 35.1 Å². The maximum absolute atomic E-state index is 13.6. The van der Waals surface area contributed by atoms with E-state index in [0.29, 0.717) is 0 Å². The third-order valence-corrected chi connectivity index (χ3v) is 9.09. The van der Waals surface area contributed by atoms with E-state index in [2.05, 4.69) is 0 Å². The first-order valence-electron chi connectivity index (χ1n) is 11.7. The number of carbonyl (C=O) groups is 2. The second-order valence-corrected chi connectivity index (χ2v) is 10.8. The first-order chi connectivity index (χ1) is 17.4. The number of halogens is 1. The second-order valence-electron chi connectivity index (χ2n) is 10.4. The maximum atomic E-state index is 13.6. The van der Waals surface area contributed by atoms with E-state index < -0.39 is 83.3 Å². The fourth-order valence-electron chi connectivity index (χ4n) is 7.12. The highest BCUT2D eigenvalue weighted by atomic mass is 35.5. The molecule has 5 bridgehead atoms. The molecule has 1 saturated carbocycles. The lowest BCUT2D eigenvalue weighted by Crippen LogP contribution is -2.70. The zero-order chi connectivity index (χ0) is 26.4. The fraction of sp³-hybridized carbons (Fsp3) is 0.583. The molecule has 1 aromatic rings. The van der Waals surface area contributed by atoms with Gasteiger partial charge in [-0.25, -0.2) is 4.79 Å². The van der Waals surface area contributed by atoms with Crippen molar-refractivity contribution in [1.29, 1.82) is 0 Å². The Morgan fingerprint density at radius 1 is 1.14 bits per heavy atom. The molecule has 10 atom stereocenters. The lowest BCUT2D eigenvalue weighted by molar-refractivity contribution is -0.387. The summed E-state index contributed by atoms with van der Waals surface area (Å²) in [7, 11) is 1.15. The normalized spacial score (nSPS) is 49.1. The van der Waals surface area contributed by atoms with Gasteiger partial charge in [0.1, 0.15) is 24.9 Å². The van der Waals surface area contributed by atoms with E-state index >= 15 is 0 Å². The van der Waals surface area contributed by atoms with Gasteiger partial charge in [0.25, 0.3) is 5.79 Å². The quantitative estimate of drug-likeness (QED) is 0.212. The lowest BCUT2D eigenvalue weighted by Gasteiger charge is -2.55. The van der Waals surface area contributed by atoms with Crippen molar-refractivity contribution in [3.63, 3.8) is 0 Å². The number of ketones is 1. The number of epoxide rings is 1. The molecule has 3 heterocycles. The minimum atomic E-state index is -2.56. The number of ether oxygens (including phenoxy) is 5. The number of hydrogen-bond donors (Lipinski definition) is 5. The summed E-state index contributed by atoms with van der Waals surface area (Å²) in [5, 5.41) is 57.0. The van der Waals surface area contributed by atoms with Crippen LogP contribution in [-0.2, 0) is 38.9 Å². The van der Waals surface area contributed by atoms with Crippen LogP contribution in [0, 0.1) is 0 Å². The maximum Gasteiger partial charge on any atom is 0.339 e. The van der Waals surface area contributed by atoms with E-state index in [1.54, 1.807) is 0 Å². The van der Waals surface area contributed by atoms with E-state index in [1.165, 1.54) is 19.1 Å². The van der Waals surface area contributed by atoms with Crippen LogP contribution in [0.3, 0.4) is 0 Å². The Morgan fingerprint density at radius 2 is 1.86 bits per heavy atom. The average Bonchev–Trinajstić information content (AvgIpc) is 3.52. The number of methoxy groups -OCH3 is 1. The van der Waals surface area contributed by atoms with Crippen LogP contribution in [0.15, 0.2) is 23.5 Å². The zero-order valence-corrected chi connectivity index (χ0v) is 20.3. The molecule has 2 saturated heterocycles. The molecular formula is C24H23ClO12. The van der Waals surface area contributed by atoms with Crippen LogP contribution in [0.5, 0.6) is 0 Å². The summed E-state index contributed by atoms with van der Waals surface area (Å²) < 4.78 is 28.8. The zero-order valence-electron chi connectivity index (χ0n) is 19.5. The third-order valence-electron chi connectivity index (χ3n) is 8.78. The van der Waals surface area contributed by atoms with Gasteiger partial charge < -0.3 is 49.2 Å². The number of cyclic esters (lactones) is 1. The van der Waals surface area contributed by atoms with Crippen LogP contribution in [-0.4, -0.2) is 92.4 Å². The summed E-state index contributed by atoms with van der Waals surface area (Å²) in [6.45, 7) is 0.753. The minimum Gasteiger partial charge on any atom is -0.476 e. The average molecular weight is 539 g/mol. The van der Waals surface area contributed by atoms with E-state index in [-0.39, 0.29) is 33.7 Å². The smallest absolute Gasteiger partial charge is 0.339 e. The van der Waals surface area contributed by atoms with Crippen molar-refractivity contribution < 1.29 is 58.8 Å². The van der Waals surface area contributed by atoms with Crippen LogP contribution >= 0.6 is 11.6 Å². The van der Waals surface area contributed by atoms with Crippen LogP contribution in [0.2, 0.25) is 5.02 Å². The second kappa shape index (κ2) is 6.89. The number of hydrogen-bond acceptors (Lipinski definition) is 12. The molecule has 1 spiro atoms. The Labute approximate surface area is 213 Å². The number of rotatable bonds is 1. The number of aliphatic hydroxyl groups is 5. The highest BCUT2D eigenvalue weighted by Crippen LogP contribution is 2.71. The van der Waals surface area contributed by atoms with Crippen molar-refractivity contribution >= 4 is 23.4 Å². The molecule has 0 unspecified atom stereocenters. The van der Waals surface area contributed by atoms with Gasteiger partial charge >= 0.3 is 5.97 Å². The standard InChI is InChI=1S/C24H23ClO12/c1-7-15(29)21-18(33-2)19(31)34-6-11(26)8-3-9-14(10(25)4-8)16(30)23-13(28)5-12(27)22(9,23)37-24(32,17(7)35-23)20(21)36-21/h3-4,11-13,16,18,20,26-28,30,32H,5-6H2,1-2H3/t11-,12+,13+,16+,18-,20+,21+,22-,23+,24+/m0/s1. The van der Waals surface area contributed by atoms with Gasteiger partial charge in [-0.1, -0.05) is 11.6 Å². The van der Waals surface area contributed by atoms with E-state index in [0.717, 1.165) is 7.11 Å². The molecule has 7 rings (SSSR count). The van der Waals surface area contributed by atoms with Gasteiger partial charge in [0.05, 0.1) is 6.10 Å². The topological polar surface area (TPSA) is 185 Å². The Balaban J connectivity index is 1.57. The number of Topliss-reactive ketones (excluding diaryl/α,β-unsaturated/α-hetero) is 1. The highest BCUT2D eigenvalue weighted by Gasteiger charge is 2.88. The molecule has 198 valence electrons. The van der Waals surface area contributed by atoms with Crippen molar-refractivity contribution in [2.24, 2.45) is 0 Å². The molecule has 0 amide bonds. The van der Waals surface area contributed by atoms with Crippen LogP contribution in [0.4, 0.5) is 0 Å². The number of fused-ring (bicyclic) bond motifs is 1. The van der Waals surface area contributed by atoms with Crippen molar-refractivity contribution in [3.8, 4) is 0 Å². The van der Waals surface area contributed by atoms with Crippen molar-refractivity contribution in [2.75, 3.05) is 13.7 Å². The van der Waals surface area contributed by atoms with Crippen LogP contribution in [0.25, 0.3) is 0 Å². The monoisotopic (exact) mass is 538 g/mol. The Kier molecular flexibility index (Phi) is 4.46.